The van der Waals surface area contributed by atoms with E-state index < -0.39 is 47.2 Å². The minimum atomic E-state index is -4.70. The molecule has 0 saturated heterocycles. The lowest BCUT2D eigenvalue weighted by atomic mass is 9.80. The Morgan fingerprint density at radius 2 is 1.84 bits per heavy atom. The first kappa shape index (κ1) is 22.4. The molecule has 166 valence electrons. The molecule has 2 aromatic rings. The number of benzene rings is 1. The number of nitrogens with zero attached hydrogens (tertiary/aromatic N) is 3. The van der Waals surface area contributed by atoms with Gasteiger partial charge in [0.1, 0.15) is 5.92 Å². The Labute approximate surface area is 174 Å². The highest BCUT2D eigenvalue weighted by atomic mass is 19.4. The first-order valence-electron chi connectivity index (χ1n) is 9.61. The number of hydrogen-bond donors (Lipinski definition) is 0. The molecule has 1 aliphatic rings. The van der Waals surface area contributed by atoms with Crippen LogP contribution in [0.4, 0.5) is 13.2 Å². The number of rotatable bonds is 6. The Kier molecular flexibility index (Phi) is 6.14. The summed E-state index contributed by atoms with van der Waals surface area (Å²) >= 11 is 0. The summed E-state index contributed by atoms with van der Waals surface area (Å²) in [6.45, 7) is 1.41. The second kappa shape index (κ2) is 8.48. The Balaban J connectivity index is 2.08. The van der Waals surface area contributed by atoms with E-state index in [1.54, 1.807) is 6.92 Å². The number of halogens is 3. The highest BCUT2D eigenvalue weighted by molar-refractivity contribution is 6.25. The molecule has 1 saturated carbocycles. The first-order chi connectivity index (χ1) is 14.5. The van der Waals surface area contributed by atoms with Crippen LogP contribution in [-0.2, 0) is 29.4 Å². The maximum Gasteiger partial charge on any atom is 0.416 e. The highest BCUT2D eigenvalue weighted by Crippen LogP contribution is 2.32. The zero-order chi connectivity index (χ0) is 22.9. The molecule has 0 unspecified atom stereocenters. The van der Waals surface area contributed by atoms with E-state index in [4.69, 9.17) is 4.74 Å². The molecule has 0 aliphatic heterocycles. The Bertz CT molecular complexity index is 1080. The molecular weight excluding hydrogens is 419 g/mol. The van der Waals surface area contributed by atoms with Gasteiger partial charge in [0, 0.05) is 25.5 Å². The van der Waals surface area contributed by atoms with Gasteiger partial charge in [-0.1, -0.05) is 6.07 Å². The van der Waals surface area contributed by atoms with Crippen molar-refractivity contribution in [1.29, 1.82) is 0 Å². The number of aromatic nitrogens is 3. The molecular formula is C20H20F3N3O5. The van der Waals surface area contributed by atoms with Crippen LogP contribution in [-0.4, -0.2) is 38.3 Å². The van der Waals surface area contributed by atoms with Crippen molar-refractivity contribution in [3.05, 3.63) is 45.4 Å². The fraction of sp³-hybridized carbons (Fsp3) is 0.450. The van der Waals surface area contributed by atoms with Gasteiger partial charge in [0.05, 0.1) is 18.7 Å². The third-order valence-electron chi connectivity index (χ3n) is 5.04. The largest absolute Gasteiger partial charge is 0.464 e. The van der Waals surface area contributed by atoms with E-state index in [0.29, 0.717) is 12.5 Å². The Morgan fingerprint density at radius 3 is 2.42 bits per heavy atom. The van der Waals surface area contributed by atoms with Gasteiger partial charge < -0.3 is 4.74 Å². The number of hydrogen-bond acceptors (Lipinski definition) is 6. The first-order valence-corrected chi connectivity index (χ1v) is 9.61. The third kappa shape index (κ3) is 4.44. The van der Waals surface area contributed by atoms with Crippen LogP contribution in [0.25, 0.3) is 0 Å². The monoisotopic (exact) mass is 439 g/mol. The molecule has 0 amide bonds. The van der Waals surface area contributed by atoms with Gasteiger partial charge >= 0.3 is 17.9 Å². The summed E-state index contributed by atoms with van der Waals surface area (Å²) in [6, 6.07) is 2.34. The summed E-state index contributed by atoms with van der Waals surface area (Å²) in [5.74, 6) is -3.52. The number of alkyl halides is 3. The zero-order valence-corrected chi connectivity index (χ0v) is 16.9. The Morgan fingerprint density at radius 1 is 1.19 bits per heavy atom. The number of ketones is 3. The average Bonchev–Trinajstić information content (AvgIpc) is 2.95. The van der Waals surface area contributed by atoms with Gasteiger partial charge in [-0.2, -0.15) is 13.2 Å². The molecule has 0 atom stereocenters. The molecule has 1 heterocycles. The van der Waals surface area contributed by atoms with Crippen molar-refractivity contribution < 1.29 is 32.3 Å². The van der Waals surface area contributed by atoms with E-state index in [1.165, 1.54) is 7.05 Å². The maximum atomic E-state index is 13.3. The van der Waals surface area contributed by atoms with Crippen molar-refractivity contribution in [2.45, 2.75) is 38.9 Å². The predicted molar refractivity (Wildman–Crippen MR) is 101 cm³/mol. The lowest BCUT2D eigenvalue weighted by molar-refractivity contribution is -0.138. The molecule has 0 spiro atoms. The van der Waals surface area contributed by atoms with Crippen LogP contribution in [0.15, 0.2) is 23.0 Å². The van der Waals surface area contributed by atoms with E-state index >= 15 is 0 Å². The number of carbonyl (C=O) groups is 3. The molecule has 11 heteroatoms. The minimum absolute atomic E-state index is 0.0370. The van der Waals surface area contributed by atoms with Crippen molar-refractivity contribution in [2.75, 3.05) is 6.61 Å². The SMILES string of the molecule is CCOc1nn(Cc2cc(C(F)(F)F)ccc2C(=O)C2C(=O)CCCC2=O)c(=O)n1C. The van der Waals surface area contributed by atoms with Crippen LogP contribution < -0.4 is 10.4 Å². The molecule has 0 N–H and O–H groups in total. The van der Waals surface area contributed by atoms with Gasteiger partial charge in [0.2, 0.25) is 0 Å². The van der Waals surface area contributed by atoms with Gasteiger partial charge in [-0.15, -0.1) is 5.10 Å². The maximum absolute atomic E-state index is 13.3. The summed E-state index contributed by atoms with van der Waals surface area (Å²) < 4.78 is 46.9. The Hall–Kier alpha value is -3.24. The molecule has 1 aromatic heterocycles. The summed E-state index contributed by atoms with van der Waals surface area (Å²) in [4.78, 5) is 49.8. The zero-order valence-electron chi connectivity index (χ0n) is 16.9. The minimum Gasteiger partial charge on any atom is -0.464 e. The molecule has 3 rings (SSSR count). The van der Waals surface area contributed by atoms with Crippen LogP contribution in [0.5, 0.6) is 6.01 Å². The molecule has 8 nitrogen and oxygen atoms in total. The third-order valence-corrected chi connectivity index (χ3v) is 5.04. The van der Waals surface area contributed by atoms with Crippen molar-refractivity contribution >= 4 is 17.3 Å². The van der Waals surface area contributed by atoms with Crippen LogP contribution in [0, 0.1) is 5.92 Å². The van der Waals surface area contributed by atoms with Crippen LogP contribution in [0.1, 0.15) is 47.7 Å². The standard InChI is InChI=1S/C20H20F3N3O5/c1-3-31-18-24-26(19(30)25(18)2)10-11-9-12(20(21,22)23)7-8-13(11)17(29)16-14(27)5-4-6-15(16)28/h7-9,16H,3-6,10H2,1-2H3. The topological polar surface area (TPSA) is 100 Å². The summed E-state index contributed by atoms with van der Waals surface area (Å²) in [5, 5.41) is 3.95. The van der Waals surface area contributed by atoms with E-state index in [2.05, 4.69) is 5.10 Å². The fourth-order valence-electron chi connectivity index (χ4n) is 3.48. The molecule has 0 radical (unpaired) electrons. The molecule has 31 heavy (non-hydrogen) atoms. The number of Topliss-reactive ketones (excluding diaryl/α,β-unsaturated/α-hetero) is 3. The summed E-state index contributed by atoms with van der Waals surface area (Å²) in [7, 11) is 1.38. The van der Waals surface area contributed by atoms with Crippen molar-refractivity contribution in [1.82, 2.24) is 14.3 Å². The van der Waals surface area contributed by atoms with Crippen molar-refractivity contribution in [3.63, 3.8) is 0 Å². The predicted octanol–water partition coefficient (Wildman–Crippen LogP) is 2.17. The molecule has 1 fully saturated rings. The van der Waals surface area contributed by atoms with E-state index in [9.17, 15) is 32.3 Å². The average molecular weight is 439 g/mol. The smallest absolute Gasteiger partial charge is 0.416 e. The van der Waals surface area contributed by atoms with Crippen LogP contribution in [0.3, 0.4) is 0 Å². The van der Waals surface area contributed by atoms with Gasteiger partial charge in [-0.25, -0.2) is 14.0 Å². The second-order valence-electron chi connectivity index (χ2n) is 7.17. The van der Waals surface area contributed by atoms with E-state index in [1.807, 2.05) is 0 Å². The normalized spacial score (nSPS) is 15.4. The van der Waals surface area contributed by atoms with Crippen molar-refractivity contribution in [2.24, 2.45) is 13.0 Å². The van der Waals surface area contributed by atoms with E-state index in [0.717, 1.165) is 21.4 Å². The highest BCUT2D eigenvalue weighted by Gasteiger charge is 2.38. The van der Waals surface area contributed by atoms with Crippen LogP contribution in [0.2, 0.25) is 0 Å². The number of ether oxygens (including phenoxy) is 1. The molecule has 0 bridgehead atoms. The van der Waals surface area contributed by atoms with Crippen molar-refractivity contribution in [3.8, 4) is 6.01 Å². The molecule has 1 aromatic carbocycles. The fourth-order valence-corrected chi connectivity index (χ4v) is 3.48. The lowest BCUT2D eigenvalue weighted by Crippen LogP contribution is -2.36. The van der Waals surface area contributed by atoms with Gasteiger partial charge in [-0.3, -0.25) is 14.4 Å². The van der Waals surface area contributed by atoms with Gasteiger partial charge in [0.15, 0.2) is 17.3 Å². The van der Waals surface area contributed by atoms with E-state index in [-0.39, 0.29) is 36.6 Å². The molecule has 1 aliphatic carbocycles. The van der Waals surface area contributed by atoms with Crippen LogP contribution >= 0.6 is 0 Å². The van der Waals surface area contributed by atoms with Gasteiger partial charge in [0.25, 0.3) is 0 Å². The lowest BCUT2D eigenvalue weighted by Gasteiger charge is -2.20. The summed E-state index contributed by atoms with van der Waals surface area (Å²) in [6.07, 6.45) is -4.26. The second-order valence-corrected chi connectivity index (χ2v) is 7.17. The summed E-state index contributed by atoms with van der Waals surface area (Å²) in [5.41, 5.74) is -2.09. The van der Waals surface area contributed by atoms with Gasteiger partial charge in [-0.05, 0) is 31.0 Å². The number of carbonyl (C=O) groups excluding carboxylic acids is 3. The quantitative estimate of drug-likeness (QED) is 0.505.